The molecule has 246 valence electrons. The van der Waals surface area contributed by atoms with E-state index < -0.39 is 60.4 Å². The van der Waals surface area contributed by atoms with Gasteiger partial charge in [-0.25, -0.2) is 0 Å². The quantitative estimate of drug-likeness (QED) is 0.153. The van der Waals surface area contributed by atoms with E-state index in [0.717, 1.165) is 49.0 Å². The van der Waals surface area contributed by atoms with Crippen molar-refractivity contribution in [3.8, 4) is 22.3 Å². The molecule has 0 aliphatic heterocycles. The van der Waals surface area contributed by atoms with E-state index in [4.69, 9.17) is 23.6 Å². The van der Waals surface area contributed by atoms with Gasteiger partial charge < -0.3 is 4.42 Å². The molecule has 0 unspecified atom stereocenters. The predicted octanol–water partition coefficient (Wildman–Crippen LogP) is 13.8. The van der Waals surface area contributed by atoms with E-state index in [1.54, 1.807) is 0 Å². The SMILES string of the molecule is [2H]c1c([2H])c([2H])c(Cc2c([2H])c([2H])c([2H])c([2H])c2CCc2c3ccccc3c(-c3ccc4oc5c6ccccc6c(-c6c([2H])c([2H])c([2H])c([2H])c6[2H])cc5c4c3)c3ccccc23)c([2H])c1[2H]. The smallest absolute Gasteiger partial charge is 0.143 e. The minimum atomic E-state index is -0.543. The second kappa shape index (κ2) is 12.7. The van der Waals surface area contributed by atoms with Crippen molar-refractivity contribution < 1.29 is 23.6 Å². The van der Waals surface area contributed by atoms with Crippen molar-refractivity contribution in [2.75, 3.05) is 0 Å². The van der Waals surface area contributed by atoms with Gasteiger partial charge in [0.15, 0.2) is 0 Å². The van der Waals surface area contributed by atoms with Gasteiger partial charge in [-0.05, 0) is 109 Å². The average molecular weight is 679 g/mol. The molecule has 0 saturated heterocycles. The van der Waals surface area contributed by atoms with Crippen molar-refractivity contribution in [3.63, 3.8) is 0 Å². The highest BCUT2D eigenvalue weighted by molar-refractivity contribution is 6.21. The molecule has 0 aliphatic carbocycles. The Morgan fingerprint density at radius 1 is 0.442 bits per heavy atom. The number of fused-ring (bicyclic) bond motifs is 7. The van der Waals surface area contributed by atoms with E-state index in [9.17, 15) is 0 Å². The van der Waals surface area contributed by atoms with Gasteiger partial charge in [-0.15, -0.1) is 0 Å². The van der Waals surface area contributed by atoms with Gasteiger partial charge in [0, 0.05) is 16.2 Å². The summed E-state index contributed by atoms with van der Waals surface area (Å²) >= 11 is 0. The van der Waals surface area contributed by atoms with Gasteiger partial charge in [0.25, 0.3) is 0 Å². The van der Waals surface area contributed by atoms with Crippen molar-refractivity contribution in [1.29, 1.82) is 0 Å². The summed E-state index contributed by atoms with van der Waals surface area (Å²) in [5, 5.41) is 6.60. The van der Waals surface area contributed by atoms with Gasteiger partial charge in [0.2, 0.25) is 0 Å². The summed E-state index contributed by atoms with van der Waals surface area (Å²) < 4.78 is 126. The number of hydrogen-bond acceptors (Lipinski definition) is 1. The van der Waals surface area contributed by atoms with Gasteiger partial charge in [-0.2, -0.15) is 0 Å². The van der Waals surface area contributed by atoms with Crippen molar-refractivity contribution in [2.24, 2.45) is 0 Å². The fourth-order valence-corrected chi connectivity index (χ4v) is 7.66. The van der Waals surface area contributed by atoms with Gasteiger partial charge >= 0.3 is 0 Å². The van der Waals surface area contributed by atoms with Crippen LogP contribution < -0.4 is 0 Å². The van der Waals surface area contributed by atoms with Crippen LogP contribution in [0.15, 0.2) is 186 Å². The molecule has 1 heteroatoms. The van der Waals surface area contributed by atoms with Crippen LogP contribution in [0.4, 0.5) is 0 Å². The van der Waals surface area contributed by atoms with Gasteiger partial charge in [-0.3, -0.25) is 0 Å². The first-order chi connectivity index (χ1) is 31.6. The lowest BCUT2D eigenvalue weighted by atomic mass is 9.85. The molecule has 10 rings (SSSR count). The maximum atomic E-state index is 9.03. The zero-order valence-corrected chi connectivity index (χ0v) is 27.8. The van der Waals surface area contributed by atoms with Crippen LogP contribution in [-0.4, -0.2) is 0 Å². The first kappa shape index (κ1) is 19.2. The predicted molar refractivity (Wildman–Crippen MR) is 220 cm³/mol. The van der Waals surface area contributed by atoms with E-state index in [2.05, 4.69) is 6.07 Å². The molecule has 0 saturated carbocycles. The Morgan fingerprint density at radius 3 is 1.75 bits per heavy atom. The van der Waals surface area contributed by atoms with E-state index in [1.807, 2.05) is 91.0 Å². The van der Waals surface area contributed by atoms with Gasteiger partial charge in [-0.1, -0.05) is 163 Å². The van der Waals surface area contributed by atoms with Crippen LogP contribution in [0.2, 0.25) is 0 Å². The summed E-state index contributed by atoms with van der Waals surface area (Å²) in [5.41, 5.74) is 4.98. The van der Waals surface area contributed by atoms with Crippen LogP contribution in [0, 0.1) is 0 Å². The number of benzene rings is 9. The highest BCUT2D eigenvalue weighted by atomic mass is 16.3. The molecule has 9 aromatic carbocycles. The number of rotatable bonds is 7. The monoisotopic (exact) mass is 678 g/mol. The summed E-state index contributed by atoms with van der Waals surface area (Å²) in [5.74, 6) is 0. The van der Waals surface area contributed by atoms with Crippen LogP contribution >= 0.6 is 0 Å². The molecule has 0 fully saturated rings. The molecule has 0 spiro atoms. The fourth-order valence-electron chi connectivity index (χ4n) is 7.66. The number of aryl methyl sites for hydroxylation is 1. The molecule has 1 nitrogen and oxygen atoms in total. The zero-order valence-electron chi connectivity index (χ0n) is 41.8. The van der Waals surface area contributed by atoms with Crippen LogP contribution in [0.1, 0.15) is 41.4 Å². The van der Waals surface area contributed by atoms with Crippen LogP contribution in [0.5, 0.6) is 0 Å². The Balaban J connectivity index is 1.15. The van der Waals surface area contributed by atoms with Gasteiger partial charge in [0.05, 0.1) is 19.2 Å². The van der Waals surface area contributed by atoms with Crippen molar-refractivity contribution in [1.82, 2.24) is 0 Å². The molecule has 0 aliphatic rings. The first-order valence-electron chi connectivity index (χ1n) is 24.1. The maximum absolute atomic E-state index is 9.03. The van der Waals surface area contributed by atoms with Crippen molar-refractivity contribution in [2.45, 2.75) is 19.3 Å². The van der Waals surface area contributed by atoms with Crippen molar-refractivity contribution in [3.05, 3.63) is 204 Å². The van der Waals surface area contributed by atoms with Gasteiger partial charge in [0.1, 0.15) is 11.2 Å². The molecule has 0 bridgehead atoms. The third-order valence-electron chi connectivity index (χ3n) is 9.96. The molecule has 1 heterocycles. The average Bonchev–Trinajstić information content (AvgIpc) is 3.71. The lowest BCUT2D eigenvalue weighted by molar-refractivity contribution is 0.673. The Kier molecular flexibility index (Phi) is 4.70. The summed E-state index contributed by atoms with van der Waals surface area (Å²) in [7, 11) is 0. The third-order valence-corrected chi connectivity index (χ3v) is 9.96. The van der Waals surface area contributed by atoms with E-state index in [0.29, 0.717) is 39.5 Å². The summed E-state index contributed by atoms with van der Waals surface area (Å²) in [6, 6.07) is 25.5. The van der Waals surface area contributed by atoms with E-state index in [1.165, 1.54) is 0 Å². The fraction of sp³-hybridized carbons (Fsp3) is 0.0588. The second-order valence-corrected chi connectivity index (χ2v) is 12.8. The van der Waals surface area contributed by atoms with Crippen LogP contribution in [0.3, 0.4) is 0 Å². The van der Waals surface area contributed by atoms with E-state index >= 15 is 0 Å². The lowest BCUT2D eigenvalue weighted by Gasteiger charge is -2.18. The van der Waals surface area contributed by atoms with Crippen LogP contribution in [0.25, 0.3) is 76.5 Å². The highest BCUT2D eigenvalue weighted by Crippen LogP contribution is 2.44. The molecule has 1 aromatic heterocycles. The lowest BCUT2D eigenvalue weighted by Crippen LogP contribution is -2.00. The minimum Gasteiger partial charge on any atom is -0.455 e. The Bertz CT molecular complexity index is 3630. The molecule has 0 amide bonds. The summed E-state index contributed by atoms with van der Waals surface area (Å²) in [6.07, 6.45) is 0.220. The van der Waals surface area contributed by atoms with Crippen molar-refractivity contribution >= 4 is 54.3 Å². The molecule has 0 radical (unpaired) electrons. The molecular formula is C51H36O. The minimum absolute atomic E-state index is 0.0478. The molecule has 52 heavy (non-hydrogen) atoms. The third kappa shape index (κ3) is 5.17. The Morgan fingerprint density at radius 2 is 1.04 bits per heavy atom. The van der Waals surface area contributed by atoms with Crippen LogP contribution in [-0.2, 0) is 19.3 Å². The summed E-state index contributed by atoms with van der Waals surface area (Å²) in [4.78, 5) is 0. The maximum Gasteiger partial charge on any atom is 0.143 e. The number of furan rings is 1. The summed E-state index contributed by atoms with van der Waals surface area (Å²) in [6.45, 7) is 0. The topological polar surface area (TPSA) is 13.1 Å². The standard InChI is InChI=1S/C51H36O/c1-3-15-34(16-4-1)31-37-20-8-7-17-35(37)27-29-42-39-21-9-12-24-43(39)50(44-25-13-10-22-40(42)44)38-28-30-49-47(32-38)48-33-46(36-18-5-2-6-19-36)41-23-11-14-26-45(41)51(48)52-49/h1-26,28,30,32-33H,27,29,31H2/i1D,2D,3D,4D,5D,6D,7D,8D,15D,16D,17D,18D,19D,20D. The zero-order chi connectivity index (χ0) is 46.6. The highest BCUT2D eigenvalue weighted by Gasteiger charge is 2.19. The molecule has 0 atom stereocenters. The molecule has 0 N–H and O–H groups in total. The number of hydrogen-bond donors (Lipinski definition) is 0. The second-order valence-electron chi connectivity index (χ2n) is 12.8. The van der Waals surface area contributed by atoms with E-state index in [-0.39, 0.29) is 53.7 Å². The molecular weight excluding hydrogens is 629 g/mol. The normalized spacial score (nSPS) is 15.5. The Labute approximate surface area is 323 Å². The molecule has 10 aromatic rings. The largest absolute Gasteiger partial charge is 0.455 e. The Hall–Kier alpha value is -6.44. The first-order valence-corrected chi connectivity index (χ1v) is 17.1.